The van der Waals surface area contributed by atoms with Crippen molar-refractivity contribution in [3.05, 3.63) is 105 Å². The number of hydrogen-bond acceptors (Lipinski definition) is 6. The summed E-state index contributed by atoms with van der Waals surface area (Å²) in [7, 11) is 1.19. The maximum absolute atomic E-state index is 14.3. The van der Waals surface area contributed by atoms with Gasteiger partial charge in [-0.05, 0) is 18.6 Å². The number of nitrogens with two attached hydrogens (primary N) is 1. The van der Waals surface area contributed by atoms with Crippen LogP contribution in [0.2, 0.25) is 0 Å². The summed E-state index contributed by atoms with van der Waals surface area (Å²) >= 11 is 0. The second-order valence-electron chi connectivity index (χ2n) is 8.00. The molecule has 0 aliphatic carbocycles. The minimum Gasteiger partial charge on any atom is -0.465 e. The zero-order valence-corrected chi connectivity index (χ0v) is 18.0. The molecule has 2 aliphatic heterocycles. The topological polar surface area (TPSA) is 115 Å². The largest absolute Gasteiger partial charge is 0.465 e. The highest BCUT2D eigenvalue weighted by molar-refractivity contribution is 6.18. The number of hydrogen-bond donors (Lipinski definition) is 2. The number of rotatable bonds is 3. The van der Waals surface area contributed by atoms with Crippen LogP contribution in [0.3, 0.4) is 0 Å². The quantitative estimate of drug-likeness (QED) is 0.600. The Labute approximate surface area is 189 Å². The molecule has 8 nitrogen and oxygen atoms in total. The van der Waals surface area contributed by atoms with Gasteiger partial charge in [0.15, 0.2) is 0 Å². The van der Waals surface area contributed by atoms with Crippen molar-refractivity contribution >= 4 is 17.6 Å². The third kappa shape index (κ3) is 2.80. The fraction of sp³-hybridized carbons (Fsp3) is 0.160. The lowest BCUT2D eigenvalue weighted by molar-refractivity contribution is -0.138. The number of amides is 1. The van der Waals surface area contributed by atoms with Crippen molar-refractivity contribution in [1.29, 1.82) is 0 Å². The molecule has 5 rings (SSSR count). The first kappa shape index (κ1) is 20.6. The normalized spacial score (nSPS) is 18.7. The predicted octanol–water partition coefficient (Wildman–Crippen LogP) is 2.25. The Morgan fingerprint density at radius 2 is 1.82 bits per heavy atom. The number of fused-ring (bicyclic) bond motifs is 4. The lowest BCUT2D eigenvalue weighted by Crippen LogP contribution is -2.51. The van der Waals surface area contributed by atoms with Crippen LogP contribution >= 0.6 is 0 Å². The van der Waals surface area contributed by atoms with Crippen molar-refractivity contribution in [3.8, 4) is 5.75 Å². The van der Waals surface area contributed by atoms with Gasteiger partial charge in [0.1, 0.15) is 16.7 Å². The van der Waals surface area contributed by atoms with Gasteiger partial charge >= 0.3 is 5.97 Å². The SMILES string of the molecule is COC(=O)C1=C(N)Oc2cc(C)[nH]c(=O)c2C12C(=O)N(Cc1ccccc1)c1ccccc12. The number of ether oxygens (including phenoxy) is 2. The molecule has 8 heteroatoms. The van der Waals surface area contributed by atoms with Crippen LogP contribution in [0.4, 0.5) is 5.69 Å². The van der Waals surface area contributed by atoms with E-state index in [1.807, 2.05) is 30.3 Å². The van der Waals surface area contributed by atoms with Crippen molar-refractivity contribution in [1.82, 2.24) is 4.98 Å². The Morgan fingerprint density at radius 3 is 2.55 bits per heavy atom. The van der Waals surface area contributed by atoms with Crippen LogP contribution in [-0.2, 0) is 26.3 Å². The third-order valence-corrected chi connectivity index (χ3v) is 6.09. The Bertz CT molecular complexity index is 1390. The number of carbonyl (C=O) groups excluding carboxylic acids is 2. The summed E-state index contributed by atoms with van der Waals surface area (Å²) in [6, 6.07) is 18.1. The minimum atomic E-state index is -1.81. The molecule has 0 saturated carbocycles. The first-order valence-corrected chi connectivity index (χ1v) is 10.4. The molecule has 2 aliphatic rings. The van der Waals surface area contributed by atoms with Gasteiger partial charge in [0.25, 0.3) is 5.56 Å². The molecule has 1 amide bonds. The molecule has 0 bridgehead atoms. The van der Waals surface area contributed by atoms with Gasteiger partial charge in [-0.3, -0.25) is 9.59 Å². The Morgan fingerprint density at radius 1 is 1.12 bits per heavy atom. The lowest BCUT2D eigenvalue weighted by atomic mass is 9.68. The van der Waals surface area contributed by atoms with E-state index in [2.05, 4.69) is 4.98 Å². The monoisotopic (exact) mass is 443 g/mol. The van der Waals surface area contributed by atoms with Crippen molar-refractivity contribution in [3.63, 3.8) is 0 Å². The summed E-state index contributed by atoms with van der Waals surface area (Å²) in [5, 5.41) is 0. The lowest BCUT2D eigenvalue weighted by Gasteiger charge is -2.35. The second kappa shape index (κ2) is 7.37. The summed E-state index contributed by atoms with van der Waals surface area (Å²) in [6.45, 7) is 1.94. The Kier molecular flexibility index (Phi) is 4.59. The second-order valence-corrected chi connectivity index (χ2v) is 8.00. The maximum Gasteiger partial charge on any atom is 0.340 e. The van der Waals surface area contributed by atoms with E-state index in [1.165, 1.54) is 7.11 Å². The summed E-state index contributed by atoms with van der Waals surface area (Å²) < 4.78 is 10.7. The standard InChI is InChI=1S/C25H21N3O5/c1-14-12-18-19(22(29)27-14)25(20(21(26)33-18)23(30)32-2)16-10-6-7-11-17(16)28(24(25)31)13-15-8-4-3-5-9-15/h3-12H,13,26H2,1-2H3,(H,27,29). The molecule has 3 aromatic rings. The average molecular weight is 443 g/mol. The van der Waals surface area contributed by atoms with Crippen LogP contribution in [0.1, 0.15) is 22.4 Å². The molecule has 33 heavy (non-hydrogen) atoms. The number of aromatic amines is 1. The molecular weight excluding hydrogens is 422 g/mol. The Hall–Kier alpha value is -4.33. The van der Waals surface area contributed by atoms with Crippen LogP contribution in [0, 0.1) is 6.92 Å². The maximum atomic E-state index is 14.3. The molecule has 166 valence electrons. The van der Waals surface area contributed by atoms with E-state index in [0.717, 1.165) is 5.56 Å². The van der Waals surface area contributed by atoms with Gasteiger partial charge in [-0.1, -0.05) is 48.5 Å². The number of esters is 1. The molecule has 1 spiro atoms. The molecule has 1 aromatic heterocycles. The van der Waals surface area contributed by atoms with Crippen molar-refractivity contribution in [2.24, 2.45) is 5.73 Å². The predicted molar refractivity (Wildman–Crippen MR) is 121 cm³/mol. The van der Waals surface area contributed by atoms with E-state index in [1.54, 1.807) is 42.2 Å². The van der Waals surface area contributed by atoms with Gasteiger partial charge in [0.2, 0.25) is 11.8 Å². The van der Waals surface area contributed by atoms with E-state index < -0.39 is 22.9 Å². The highest BCUT2D eigenvalue weighted by Gasteiger charge is 2.62. The molecule has 0 saturated heterocycles. The fourth-order valence-corrected chi connectivity index (χ4v) is 4.79. The van der Waals surface area contributed by atoms with Crippen LogP contribution in [0.5, 0.6) is 5.75 Å². The average Bonchev–Trinajstić information content (AvgIpc) is 3.02. The number of nitrogens with one attached hydrogen (secondary N) is 1. The number of anilines is 1. The molecule has 0 radical (unpaired) electrons. The van der Waals surface area contributed by atoms with Crippen LogP contribution < -0.4 is 20.9 Å². The van der Waals surface area contributed by atoms with Crippen LogP contribution in [0.25, 0.3) is 0 Å². The van der Waals surface area contributed by atoms with Crippen LogP contribution in [0.15, 0.2) is 76.9 Å². The smallest absolute Gasteiger partial charge is 0.340 e. The highest BCUT2D eigenvalue weighted by atomic mass is 16.5. The number of carbonyl (C=O) groups is 2. The van der Waals surface area contributed by atoms with Gasteiger partial charge in [-0.2, -0.15) is 0 Å². The zero-order valence-electron chi connectivity index (χ0n) is 18.0. The summed E-state index contributed by atoms with van der Waals surface area (Å²) in [5.41, 5.74) is 6.13. The number of aryl methyl sites for hydroxylation is 1. The molecule has 1 unspecified atom stereocenters. The van der Waals surface area contributed by atoms with E-state index in [0.29, 0.717) is 16.9 Å². The summed E-state index contributed by atoms with van der Waals surface area (Å²) in [6.07, 6.45) is 0. The van der Waals surface area contributed by atoms with Crippen molar-refractivity contribution in [2.45, 2.75) is 18.9 Å². The number of para-hydroxylation sites is 1. The van der Waals surface area contributed by atoms with Gasteiger partial charge in [0.05, 0.1) is 19.2 Å². The van der Waals surface area contributed by atoms with E-state index in [9.17, 15) is 14.4 Å². The molecule has 2 aromatic carbocycles. The van der Waals surface area contributed by atoms with E-state index >= 15 is 0 Å². The van der Waals surface area contributed by atoms with E-state index in [-0.39, 0.29) is 29.3 Å². The molecule has 1 atom stereocenters. The molecular formula is C25H21N3O5. The van der Waals surface area contributed by atoms with Crippen LogP contribution in [-0.4, -0.2) is 24.0 Å². The molecule has 0 fully saturated rings. The highest BCUT2D eigenvalue weighted by Crippen LogP contribution is 2.54. The number of nitrogens with zero attached hydrogens (tertiary/aromatic N) is 1. The van der Waals surface area contributed by atoms with Gasteiger partial charge in [-0.15, -0.1) is 0 Å². The summed E-state index contributed by atoms with van der Waals surface area (Å²) in [5.74, 6) is -1.46. The zero-order chi connectivity index (χ0) is 23.3. The van der Waals surface area contributed by atoms with E-state index in [4.69, 9.17) is 15.2 Å². The number of H-pyrrole nitrogens is 1. The fourth-order valence-electron chi connectivity index (χ4n) is 4.79. The molecule has 3 heterocycles. The van der Waals surface area contributed by atoms with Gasteiger partial charge in [-0.25, -0.2) is 4.79 Å². The Balaban J connectivity index is 1.86. The number of pyridine rings is 1. The van der Waals surface area contributed by atoms with Gasteiger partial charge in [0, 0.05) is 23.0 Å². The third-order valence-electron chi connectivity index (χ3n) is 6.09. The van der Waals surface area contributed by atoms with Gasteiger partial charge < -0.3 is 25.1 Å². The first-order chi connectivity index (χ1) is 15.9. The minimum absolute atomic E-state index is 0.00992. The summed E-state index contributed by atoms with van der Waals surface area (Å²) in [4.78, 5) is 45.0. The first-order valence-electron chi connectivity index (χ1n) is 10.4. The van der Waals surface area contributed by atoms with Crippen molar-refractivity contribution < 1.29 is 19.1 Å². The molecule has 3 N–H and O–H groups in total. The number of benzene rings is 2. The number of aromatic nitrogens is 1. The number of methoxy groups -OCH3 is 1. The van der Waals surface area contributed by atoms with Crippen molar-refractivity contribution in [2.75, 3.05) is 12.0 Å².